The molecule has 0 bridgehead atoms. The van der Waals surface area contributed by atoms with Crippen LogP contribution in [0.2, 0.25) is 0 Å². The van der Waals surface area contributed by atoms with Gasteiger partial charge in [0.25, 0.3) is 5.78 Å². The lowest BCUT2D eigenvalue weighted by Crippen LogP contribution is -2.29. The summed E-state index contributed by atoms with van der Waals surface area (Å²) in [6.45, 7) is 0. The lowest BCUT2D eigenvalue weighted by molar-refractivity contribution is -0.132. The van der Waals surface area contributed by atoms with Crippen LogP contribution in [0.4, 0.5) is 5.13 Å². The number of carbonyl (C=O) groups is 2. The van der Waals surface area contributed by atoms with Crippen LogP contribution in [-0.2, 0) is 9.59 Å². The maximum absolute atomic E-state index is 13.0. The van der Waals surface area contributed by atoms with E-state index < -0.39 is 17.7 Å². The van der Waals surface area contributed by atoms with E-state index in [0.717, 1.165) is 0 Å². The number of pyridine rings is 1. The first-order chi connectivity index (χ1) is 14.6. The zero-order valence-corrected chi connectivity index (χ0v) is 16.9. The number of ketones is 1. The fourth-order valence-corrected chi connectivity index (χ4v) is 4.02. The van der Waals surface area contributed by atoms with Crippen LogP contribution in [0, 0.1) is 0 Å². The maximum atomic E-state index is 13.0. The van der Waals surface area contributed by atoms with Crippen LogP contribution in [-0.4, -0.2) is 41.0 Å². The normalized spacial score (nSPS) is 17.9. The second-order valence-electron chi connectivity index (χ2n) is 6.34. The van der Waals surface area contributed by atoms with Gasteiger partial charge in [-0.15, -0.1) is 11.3 Å². The van der Waals surface area contributed by atoms with E-state index in [9.17, 15) is 14.7 Å². The van der Waals surface area contributed by atoms with Crippen molar-refractivity contribution in [1.29, 1.82) is 0 Å². The van der Waals surface area contributed by atoms with Gasteiger partial charge in [0, 0.05) is 30.0 Å². The number of hydrogen-bond donors (Lipinski definition) is 1. The third kappa shape index (κ3) is 3.18. The van der Waals surface area contributed by atoms with E-state index in [0.29, 0.717) is 22.2 Å². The Labute approximate surface area is 176 Å². The molecule has 1 aliphatic rings. The minimum Gasteiger partial charge on any atom is -0.507 e. The quantitative estimate of drug-likeness (QED) is 0.382. The van der Waals surface area contributed by atoms with Crippen molar-refractivity contribution in [3.8, 4) is 11.5 Å². The molecule has 9 heteroatoms. The van der Waals surface area contributed by atoms with Crippen LogP contribution in [0.5, 0.6) is 11.5 Å². The smallest absolute Gasteiger partial charge is 0.301 e. The molecule has 0 spiro atoms. The number of aliphatic hydroxyl groups excluding tert-OH is 1. The molecule has 1 atom stereocenters. The van der Waals surface area contributed by atoms with Crippen LogP contribution in [0.3, 0.4) is 0 Å². The van der Waals surface area contributed by atoms with Crippen LogP contribution in [0.25, 0.3) is 5.76 Å². The molecule has 1 aliphatic heterocycles. The third-order valence-electron chi connectivity index (χ3n) is 4.73. The highest BCUT2D eigenvalue weighted by atomic mass is 32.1. The molecule has 152 valence electrons. The summed E-state index contributed by atoms with van der Waals surface area (Å²) < 4.78 is 10.6. The summed E-state index contributed by atoms with van der Waals surface area (Å²) in [6.07, 6.45) is 4.69. The first kappa shape index (κ1) is 19.6. The number of anilines is 1. The van der Waals surface area contributed by atoms with E-state index in [-0.39, 0.29) is 16.9 Å². The topological polar surface area (TPSA) is 102 Å². The largest absolute Gasteiger partial charge is 0.507 e. The molecule has 1 fully saturated rings. The molecule has 2 aromatic heterocycles. The number of aromatic nitrogens is 2. The first-order valence-electron chi connectivity index (χ1n) is 8.89. The molecule has 0 unspecified atom stereocenters. The minimum atomic E-state index is -0.878. The number of nitrogens with zero attached hydrogens (tertiary/aromatic N) is 3. The molecule has 1 saturated heterocycles. The molecule has 1 N–H and O–H groups in total. The molecule has 30 heavy (non-hydrogen) atoms. The van der Waals surface area contributed by atoms with Gasteiger partial charge in [0.05, 0.1) is 31.4 Å². The fraction of sp³-hybridized carbons (Fsp3) is 0.143. The Kier molecular flexibility index (Phi) is 5.20. The highest BCUT2D eigenvalue weighted by molar-refractivity contribution is 7.14. The van der Waals surface area contributed by atoms with Gasteiger partial charge < -0.3 is 14.6 Å². The van der Waals surface area contributed by atoms with Crippen molar-refractivity contribution < 1.29 is 24.2 Å². The average Bonchev–Trinajstić information content (AvgIpc) is 3.40. The van der Waals surface area contributed by atoms with Crippen LogP contribution >= 0.6 is 11.3 Å². The van der Waals surface area contributed by atoms with Gasteiger partial charge >= 0.3 is 5.91 Å². The Bertz CT molecular complexity index is 1130. The number of thiazole rings is 1. The molecular formula is C21H17N3O5S. The minimum absolute atomic E-state index is 0.0633. The second kappa shape index (κ2) is 7.96. The van der Waals surface area contributed by atoms with Crippen molar-refractivity contribution in [2.24, 2.45) is 0 Å². The van der Waals surface area contributed by atoms with E-state index in [4.69, 9.17) is 9.47 Å². The van der Waals surface area contributed by atoms with Crippen LogP contribution < -0.4 is 14.4 Å². The van der Waals surface area contributed by atoms with Crippen LogP contribution in [0.15, 0.2) is 59.9 Å². The van der Waals surface area contributed by atoms with Gasteiger partial charge in [-0.05, 0) is 23.8 Å². The molecule has 8 nitrogen and oxygen atoms in total. The van der Waals surface area contributed by atoms with Gasteiger partial charge in [0.15, 0.2) is 5.13 Å². The number of hydrogen-bond acceptors (Lipinski definition) is 8. The maximum Gasteiger partial charge on any atom is 0.301 e. The first-order valence-corrected chi connectivity index (χ1v) is 9.77. The summed E-state index contributed by atoms with van der Waals surface area (Å²) in [4.78, 5) is 35.5. The highest BCUT2D eigenvalue weighted by Crippen LogP contribution is 2.43. The van der Waals surface area contributed by atoms with E-state index in [1.54, 1.807) is 54.3 Å². The standard InChI is InChI=1S/C21H17N3O5S/c1-28-13-5-6-14(15(10-13)29-2)18(25)16-17(12-4-3-7-22-11-12)24(20(27)19(16)26)21-23-8-9-30-21/h3-11,17,25H,1-2H3/t17-/m1/s1. The molecule has 3 aromatic rings. The van der Waals surface area contributed by atoms with Gasteiger partial charge in [-0.25, -0.2) is 4.98 Å². The molecule has 0 radical (unpaired) electrons. The number of ether oxygens (including phenoxy) is 2. The number of carbonyl (C=O) groups excluding carboxylic acids is 2. The number of benzene rings is 1. The van der Waals surface area contributed by atoms with Gasteiger partial charge in [-0.3, -0.25) is 19.5 Å². The summed E-state index contributed by atoms with van der Waals surface area (Å²) in [5.41, 5.74) is 0.775. The van der Waals surface area contributed by atoms with E-state index >= 15 is 0 Å². The monoisotopic (exact) mass is 423 g/mol. The highest BCUT2D eigenvalue weighted by Gasteiger charge is 2.48. The Morgan fingerprint density at radius 2 is 2.00 bits per heavy atom. The zero-order chi connectivity index (χ0) is 21.3. The SMILES string of the molecule is COc1ccc(C(O)=C2C(=O)C(=O)N(c3nccs3)[C@@H]2c2cccnc2)c(OC)c1. The van der Waals surface area contributed by atoms with Gasteiger partial charge in [0.2, 0.25) is 0 Å². The molecule has 3 heterocycles. The van der Waals surface area contributed by atoms with Crippen molar-refractivity contribution in [1.82, 2.24) is 9.97 Å². The van der Waals surface area contributed by atoms with Crippen molar-refractivity contribution in [3.63, 3.8) is 0 Å². The van der Waals surface area contributed by atoms with E-state index in [2.05, 4.69) is 9.97 Å². The molecule has 0 saturated carbocycles. The van der Waals surface area contributed by atoms with Crippen molar-refractivity contribution in [3.05, 3.63) is 71.0 Å². The van der Waals surface area contributed by atoms with Crippen molar-refractivity contribution >= 4 is 33.9 Å². The fourth-order valence-electron chi connectivity index (χ4n) is 3.36. The van der Waals surface area contributed by atoms with Gasteiger partial charge in [-0.1, -0.05) is 6.07 Å². The summed E-state index contributed by atoms with van der Waals surface area (Å²) >= 11 is 1.22. The van der Waals surface area contributed by atoms with Crippen molar-refractivity contribution in [2.75, 3.05) is 19.1 Å². The predicted molar refractivity (Wildman–Crippen MR) is 111 cm³/mol. The molecule has 1 aromatic carbocycles. The third-order valence-corrected chi connectivity index (χ3v) is 5.50. The predicted octanol–water partition coefficient (Wildman–Crippen LogP) is 3.18. The lowest BCUT2D eigenvalue weighted by atomic mass is 9.96. The number of amides is 1. The lowest BCUT2D eigenvalue weighted by Gasteiger charge is -2.22. The molecule has 4 rings (SSSR count). The molecular weight excluding hydrogens is 406 g/mol. The Hall–Kier alpha value is -3.72. The summed E-state index contributed by atoms with van der Waals surface area (Å²) in [5, 5.41) is 13.2. The summed E-state index contributed by atoms with van der Waals surface area (Å²) in [5.74, 6) is -1.10. The summed E-state index contributed by atoms with van der Waals surface area (Å²) in [7, 11) is 2.95. The number of methoxy groups -OCH3 is 2. The molecule has 0 aliphatic carbocycles. The average molecular weight is 423 g/mol. The van der Waals surface area contributed by atoms with Crippen LogP contribution in [0.1, 0.15) is 17.2 Å². The number of Topliss-reactive ketones (excluding diaryl/α,β-unsaturated/α-hetero) is 1. The summed E-state index contributed by atoms with van der Waals surface area (Å²) in [6, 6.07) is 7.35. The van der Waals surface area contributed by atoms with Gasteiger partial charge in [0.1, 0.15) is 17.3 Å². The van der Waals surface area contributed by atoms with Crippen molar-refractivity contribution in [2.45, 2.75) is 6.04 Å². The second-order valence-corrected chi connectivity index (χ2v) is 7.21. The zero-order valence-electron chi connectivity index (χ0n) is 16.1. The number of aliphatic hydroxyl groups is 1. The number of rotatable bonds is 5. The Morgan fingerprint density at radius 3 is 2.63 bits per heavy atom. The Morgan fingerprint density at radius 1 is 1.17 bits per heavy atom. The molecule has 1 amide bonds. The Balaban J connectivity index is 1.95. The van der Waals surface area contributed by atoms with E-state index in [1.165, 1.54) is 30.5 Å². The van der Waals surface area contributed by atoms with Gasteiger partial charge in [-0.2, -0.15) is 0 Å². The van der Waals surface area contributed by atoms with E-state index in [1.807, 2.05) is 0 Å².